The summed E-state index contributed by atoms with van der Waals surface area (Å²) in [6.07, 6.45) is 5.54. The molecule has 2 heterocycles. The van der Waals surface area contributed by atoms with Crippen molar-refractivity contribution in [3.8, 4) is 0 Å². The zero-order chi connectivity index (χ0) is 18.8. The number of carbonyl (C=O) groups is 2. The first-order chi connectivity index (χ1) is 12.3. The number of nitrogens with one attached hydrogen (secondary N) is 1. The number of halogens is 1. The van der Waals surface area contributed by atoms with Crippen LogP contribution in [0.25, 0.3) is 0 Å². The average molecular weight is 440 g/mol. The number of rotatable bonds is 5. The van der Waals surface area contributed by atoms with Crippen LogP contribution in [0.4, 0.5) is 5.00 Å². The van der Waals surface area contributed by atoms with Crippen molar-refractivity contribution in [3.05, 3.63) is 32.4 Å². The third kappa shape index (κ3) is 4.17. The maximum Gasteiger partial charge on any atom is 0.341 e. The maximum absolute atomic E-state index is 12.6. The summed E-state index contributed by atoms with van der Waals surface area (Å²) in [5.41, 5.74) is 2.40. The lowest BCUT2D eigenvalue weighted by atomic mass is 9.95. The number of hydrogen-bond acceptors (Lipinski definition) is 5. The number of ether oxygens (including phenoxy) is 1. The van der Waals surface area contributed by atoms with Crippen molar-refractivity contribution in [2.45, 2.75) is 59.1 Å². The molecule has 0 saturated carbocycles. The summed E-state index contributed by atoms with van der Waals surface area (Å²) in [7, 11) is 0. The molecule has 1 aliphatic carbocycles. The smallest absolute Gasteiger partial charge is 0.341 e. The number of fused-ring (bicyclic) bond motifs is 1. The summed E-state index contributed by atoms with van der Waals surface area (Å²) in [6, 6.07) is 0. The molecule has 0 unspecified atom stereocenters. The Morgan fingerprint density at radius 2 is 2.12 bits per heavy atom. The van der Waals surface area contributed by atoms with Gasteiger partial charge >= 0.3 is 5.97 Å². The second-order valence-electron chi connectivity index (χ2n) is 6.68. The number of hydrogen-bond donors (Lipinski definition) is 1. The molecule has 0 aromatic carbocycles. The summed E-state index contributed by atoms with van der Waals surface area (Å²) in [4.78, 5) is 26.3. The highest BCUT2D eigenvalue weighted by molar-refractivity contribution is 9.10. The van der Waals surface area contributed by atoms with Gasteiger partial charge in [-0.1, -0.05) is 0 Å². The number of carbonyl (C=O) groups excluding carboxylic acids is 2. The lowest BCUT2D eigenvalue weighted by Gasteiger charge is -2.14. The number of aryl methyl sites for hydroxylation is 2. The fraction of sp³-hybridized carbons (Fsp3) is 0.500. The van der Waals surface area contributed by atoms with Gasteiger partial charge in [-0.05, 0) is 67.9 Å². The fourth-order valence-corrected chi connectivity index (χ4v) is 4.64. The second-order valence-corrected chi connectivity index (χ2v) is 8.64. The Kier molecular flexibility index (Phi) is 5.82. The van der Waals surface area contributed by atoms with Crippen molar-refractivity contribution < 1.29 is 14.3 Å². The van der Waals surface area contributed by atoms with Gasteiger partial charge in [0.1, 0.15) is 11.5 Å². The molecule has 26 heavy (non-hydrogen) atoms. The summed E-state index contributed by atoms with van der Waals surface area (Å²) < 4.78 is 7.85. The van der Waals surface area contributed by atoms with Crippen molar-refractivity contribution in [1.82, 2.24) is 9.78 Å². The van der Waals surface area contributed by atoms with Crippen molar-refractivity contribution in [2.75, 3.05) is 5.32 Å². The van der Waals surface area contributed by atoms with Crippen molar-refractivity contribution in [2.24, 2.45) is 0 Å². The van der Waals surface area contributed by atoms with E-state index in [0.29, 0.717) is 10.6 Å². The minimum atomic E-state index is -0.354. The van der Waals surface area contributed by atoms with Crippen molar-refractivity contribution >= 4 is 44.1 Å². The molecular formula is C18H22BrN3O3S. The van der Waals surface area contributed by atoms with E-state index in [0.717, 1.165) is 41.4 Å². The monoisotopic (exact) mass is 439 g/mol. The quantitative estimate of drug-likeness (QED) is 0.711. The molecule has 0 atom stereocenters. The van der Waals surface area contributed by atoms with E-state index < -0.39 is 0 Å². The van der Waals surface area contributed by atoms with Gasteiger partial charge in [-0.25, -0.2) is 4.79 Å². The van der Waals surface area contributed by atoms with Gasteiger partial charge in [0.15, 0.2) is 0 Å². The summed E-state index contributed by atoms with van der Waals surface area (Å²) in [6.45, 7) is 5.61. The van der Waals surface area contributed by atoms with E-state index in [-0.39, 0.29) is 24.5 Å². The number of aromatic nitrogens is 2. The summed E-state index contributed by atoms with van der Waals surface area (Å²) in [5.74, 6) is -0.565. The Morgan fingerprint density at radius 3 is 2.77 bits per heavy atom. The summed E-state index contributed by atoms with van der Waals surface area (Å²) >= 11 is 4.88. The van der Waals surface area contributed by atoms with Crippen LogP contribution in [0, 0.1) is 6.92 Å². The van der Waals surface area contributed by atoms with Gasteiger partial charge in [0.25, 0.3) is 0 Å². The third-order valence-electron chi connectivity index (χ3n) is 4.16. The SMILES string of the molecule is Cc1nn(CC(=O)Nc2sc3c(c2C(=O)OC(C)C)CCCC3)cc1Br. The zero-order valence-electron chi connectivity index (χ0n) is 15.1. The van der Waals surface area contributed by atoms with E-state index in [1.54, 1.807) is 10.9 Å². The van der Waals surface area contributed by atoms with Crippen LogP contribution in [-0.2, 0) is 28.9 Å². The van der Waals surface area contributed by atoms with Crippen LogP contribution in [-0.4, -0.2) is 27.8 Å². The Balaban J connectivity index is 1.83. The van der Waals surface area contributed by atoms with Crippen LogP contribution in [0.2, 0.25) is 0 Å². The Morgan fingerprint density at radius 1 is 1.38 bits per heavy atom. The van der Waals surface area contributed by atoms with Crippen LogP contribution in [0.3, 0.4) is 0 Å². The molecule has 1 aliphatic rings. The highest BCUT2D eigenvalue weighted by Gasteiger charge is 2.27. The average Bonchev–Trinajstić information content (AvgIpc) is 3.05. The van der Waals surface area contributed by atoms with E-state index >= 15 is 0 Å². The molecule has 1 amide bonds. The van der Waals surface area contributed by atoms with Gasteiger partial charge in [0, 0.05) is 11.1 Å². The largest absolute Gasteiger partial charge is 0.459 e. The van der Waals surface area contributed by atoms with Crippen molar-refractivity contribution in [1.29, 1.82) is 0 Å². The predicted molar refractivity (Wildman–Crippen MR) is 105 cm³/mol. The molecule has 140 valence electrons. The van der Waals surface area contributed by atoms with Gasteiger partial charge in [-0.3, -0.25) is 9.48 Å². The number of amides is 1. The molecule has 0 aliphatic heterocycles. The topological polar surface area (TPSA) is 73.2 Å². The minimum absolute atomic E-state index is 0.0909. The van der Waals surface area contributed by atoms with E-state index in [1.807, 2.05) is 20.8 Å². The first-order valence-corrected chi connectivity index (χ1v) is 10.3. The Hall–Kier alpha value is -1.67. The molecular weight excluding hydrogens is 418 g/mol. The molecule has 0 spiro atoms. The molecule has 3 rings (SSSR count). The van der Waals surface area contributed by atoms with E-state index in [9.17, 15) is 9.59 Å². The zero-order valence-corrected chi connectivity index (χ0v) is 17.5. The molecule has 8 heteroatoms. The van der Waals surface area contributed by atoms with Gasteiger partial charge in [0.2, 0.25) is 5.91 Å². The summed E-state index contributed by atoms with van der Waals surface area (Å²) in [5, 5.41) is 7.77. The Labute approximate surface area is 165 Å². The maximum atomic E-state index is 12.6. The molecule has 2 aromatic heterocycles. The standard InChI is InChI=1S/C18H22BrN3O3S/c1-10(2)25-18(24)16-12-6-4-5-7-14(12)26-17(16)20-15(23)9-22-8-13(19)11(3)21-22/h8,10H,4-7,9H2,1-3H3,(H,20,23). The molecule has 2 aromatic rings. The third-order valence-corrected chi connectivity index (χ3v) is 6.15. The van der Waals surface area contributed by atoms with Crippen LogP contribution in [0.5, 0.6) is 0 Å². The van der Waals surface area contributed by atoms with E-state index in [1.165, 1.54) is 16.2 Å². The highest BCUT2D eigenvalue weighted by atomic mass is 79.9. The molecule has 1 N–H and O–H groups in total. The van der Waals surface area contributed by atoms with Gasteiger partial charge in [0.05, 0.1) is 21.8 Å². The number of esters is 1. The van der Waals surface area contributed by atoms with Crippen LogP contribution >= 0.6 is 27.3 Å². The first kappa shape index (κ1) is 19.1. The minimum Gasteiger partial charge on any atom is -0.459 e. The van der Waals surface area contributed by atoms with Gasteiger partial charge in [-0.2, -0.15) is 5.10 Å². The Bertz CT molecular complexity index is 822. The molecule has 0 radical (unpaired) electrons. The highest BCUT2D eigenvalue weighted by Crippen LogP contribution is 2.38. The van der Waals surface area contributed by atoms with Crippen LogP contribution < -0.4 is 5.32 Å². The number of thiophene rings is 1. The molecule has 0 bridgehead atoms. The molecule has 0 saturated heterocycles. The van der Waals surface area contributed by atoms with E-state index in [2.05, 4.69) is 26.3 Å². The second kappa shape index (κ2) is 7.92. The van der Waals surface area contributed by atoms with Gasteiger partial charge in [-0.15, -0.1) is 11.3 Å². The molecule has 0 fully saturated rings. The van der Waals surface area contributed by atoms with Crippen LogP contribution in [0.15, 0.2) is 10.7 Å². The fourth-order valence-electron chi connectivity index (χ4n) is 3.03. The number of anilines is 1. The van der Waals surface area contributed by atoms with E-state index in [4.69, 9.17) is 4.74 Å². The number of nitrogens with zero attached hydrogens (tertiary/aromatic N) is 2. The lowest BCUT2D eigenvalue weighted by Crippen LogP contribution is -2.21. The lowest BCUT2D eigenvalue weighted by molar-refractivity contribution is -0.116. The normalized spacial score (nSPS) is 13.6. The van der Waals surface area contributed by atoms with Crippen molar-refractivity contribution in [3.63, 3.8) is 0 Å². The first-order valence-electron chi connectivity index (χ1n) is 8.70. The van der Waals surface area contributed by atoms with Crippen LogP contribution in [0.1, 0.15) is 53.2 Å². The molecule has 6 nitrogen and oxygen atoms in total. The van der Waals surface area contributed by atoms with Gasteiger partial charge < -0.3 is 10.1 Å². The predicted octanol–water partition coefficient (Wildman–Crippen LogP) is 4.10.